The molecule has 0 radical (unpaired) electrons. The number of anilines is 1. The van der Waals surface area contributed by atoms with Gasteiger partial charge in [-0.2, -0.15) is 0 Å². The minimum atomic E-state index is -0.819. The number of benzene rings is 2. The highest BCUT2D eigenvalue weighted by Crippen LogP contribution is 2.26. The summed E-state index contributed by atoms with van der Waals surface area (Å²) in [6.07, 6.45) is 0. The number of rotatable bonds is 2. The van der Waals surface area contributed by atoms with Crippen LogP contribution in [0.2, 0.25) is 5.02 Å². The first kappa shape index (κ1) is 12.5. The molecule has 0 aliphatic carbocycles. The van der Waals surface area contributed by atoms with Gasteiger partial charge < -0.3 is 5.73 Å². The smallest absolute Gasteiger partial charge is 0.199 e. The van der Waals surface area contributed by atoms with E-state index in [2.05, 4.69) is 0 Å². The fourth-order valence-electron chi connectivity index (χ4n) is 1.59. The second kappa shape index (κ2) is 4.74. The molecule has 0 aliphatic rings. The maximum Gasteiger partial charge on any atom is 0.199 e. The fourth-order valence-corrected chi connectivity index (χ4v) is 1.85. The van der Waals surface area contributed by atoms with Crippen molar-refractivity contribution in [1.29, 1.82) is 0 Å². The number of halogens is 3. The first-order chi connectivity index (χ1) is 8.50. The molecule has 0 bridgehead atoms. The van der Waals surface area contributed by atoms with Crippen molar-refractivity contribution in [3.63, 3.8) is 0 Å². The number of hydrogen-bond acceptors (Lipinski definition) is 2. The van der Waals surface area contributed by atoms with Crippen LogP contribution >= 0.6 is 11.6 Å². The van der Waals surface area contributed by atoms with Crippen molar-refractivity contribution in [3.05, 3.63) is 64.2 Å². The number of nitrogens with two attached hydrogens (primary N) is 1. The van der Waals surface area contributed by atoms with Crippen LogP contribution in [-0.4, -0.2) is 5.78 Å². The summed E-state index contributed by atoms with van der Waals surface area (Å²) in [7, 11) is 0. The molecule has 2 aromatic rings. The van der Waals surface area contributed by atoms with Crippen LogP contribution in [0.5, 0.6) is 0 Å². The van der Waals surface area contributed by atoms with Crippen LogP contribution in [0.1, 0.15) is 15.9 Å². The van der Waals surface area contributed by atoms with E-state index in [9.17, 15) is 13.6 Å². The van der Waals surface area contributed by atoms with Crippen molar-refractivity contribution >= 4 is 23.1 Å². The lowest BCUT2D eigenvalue weighted by Gasteiger charge is -2.07. The molecule has 0 heterocycles. The lowest BCUT2D eigenvalue weighted by atomic mass is 10.0. The first-order valence-corrected chi connectivity index (χ1v) is 5.42. The van der Waals surface area contributed by atoms with Gasteiger partial charge in [-0.25, -0.2) is 8.78 Å². The van der Waals surface area contributed by atoms with Crippen LogP contribution in [0.4, 0.5) is 14.5 Å². The third-order valence-electron chi connectivity index (χ3n) is 2.45. The molecule has 92 valence electrons. The highest BCUT2D eigenvalue weighted by molar-refractivity contribution is 6.35. The molecule has 2 N–H and O–H groups in total. The molecular weight excluding hydrogens is 260 g/mol. The van der Waals surface area contributed by atoms with Crippen molar-refractivity contribution in [2.45, 2.75) is 0 Å². The molecule has 0 spiro atoms. The minimum absolute atomic E-state index is 0.0244. The van der Waals surface area contributed by atoms with E-state index in [1.165, 1.54) is 12.1 Å². The number of nitrogen functional groups attached to an aromatic ring is 1. The Morgan fingerprint density at radius 1 is 1.17 bits per heavy atom. The molecular formula is C13H8ClF2NO. The van der Waals surface area contributed by atoms with E-state index in [4.69, 9.17) is 17.3 Å². The Morgan fingerprint density at radius 2 is 1.89 bits per heavy atom. The van der Waals surface area contributed by atoms with Gasteiger partial charge >= 0.3 is 0 Å². The van der Waals surface area contributed by atoms with Gasteiger partial charge in [-0.05, 0) is 30.3 Å². The number of ketones is 1. The lowest BCUT2D eigenvalue weighted by Crippen LogP contribution is -2.08. The van der Waals surface area contributed by atoms with E-state index in [0.717, 1.165) is 18.2 Å². The van der Waals surface area contributed by atoms with Gasteiger partial charge in [0.1, 0.15) is 11.6 Å². The second-order valence-corrected chi connectivity index (χ2v) is 4.06. The van der Waals surface area contributed by atoms with E-state index in [-0.39, 0.29) is 16.3 Å². The molecule has 2 rings (SSSR count). The largest absolute Gasteiger partial charge is 0.398 e. The van der Waals surface area contributed by atoms with Crippen LogP contribution in [-0.2, 0) is 0 Å². The highest BCUT2D eigenvalue weighted by Gasteiger charge is 2.19. The van der Waals surface area contributed by atoms with Gasteiger partial charge in [0.05, 0.1) is 16.1 Å². The minimum Gasteiger partial charge on any atom is -0.398 e. The summed E-state index contributed by atoms with van der Waals surface area (Å²) in [5.41, 5.74) is 5.33. The first-order valence-electron chi connectivity index (χ1n) is 5.04. The molecule has 0 amide bonds. The van der Waals surface area contributed by atoms with E-state index >= 15 is 0 Å². The molecule has 2 nitrogen and oxygen atoms in total. The fraction of sp³-hybridized carbons (Fsp3) is 0. The maximum absolute atomic E-state index is 13.5. The third kappa shape index (κ3) is 2.19. The Morgan fingerprint density at radius 3 is 2.56 bits per heavy atom. The van der Waals surface area contributed by atoms with Crippen molar-refractivity contribution in [2.24, 2.45) is 0 Å². The zero-order valence-corrected chi connectivity index (χ0v) is 9.84. The summed E-state index contributed by atoms with van der Waals surface area (Å²) >= 11 is 5.85. The highest BCUT2D eigenvalue weighted by atomic mass is 35.5. The molecule has 5 heteroatoms. The summed E-state index contributed by atoms with van der Waals surface area (Å²) in [4.78, 5) is 12.1. The number of carbonyl (C=O) groups excluding carboxylic acids is 1. The van der Waals surface area contributed by atoms with Gasteiger partial charge in [0.15, 0.2) is 5.78 Å². The SMILES string of the molecule is Nc1cccc(Cl)c1C(=O)c1cc(F)ccc1F. The topological polar surface area (TPSA) is 43.1 Å². The summed E-state index contributed by atoms with van der Waals surface area (Å²) in [5, 5.41) is 0.101. The third-order valence-corrected chi connectivity index (χ3v) is 2.76. The summed E-state index contributed by atoms with van der Waals surface area (Å²) in [5.74, 6) is -2.26. The second-order valence-electron chi connectivity index (χ2n) is 3.66. The predicted molar refractivity (Wildman–Crippen MR) is 65.7 cm³/mol. The van der Waals surface area contributed by atoms with Gasteiger partial charge in [-0.3, -0.25) is 4.79 Å². The quantitative estimate of drug-likeness (QED) is 0.669. The lowest BCUT2D eigenvalue weighted by molar-refractivity contribution is 0.103. The average Bonchev–Trinajstić information content (AvgIpc) is 2.32. The molecule has 0 fully saturated rings. The molecule has 0 atom stereocenters. The van der Waals surface area contributed by atoms with Crippen molar-refractivity contribution < 1.29 is 13.6 Å². The molecule has 0 saturated heterocycles. The Balaban J connectivity index is 2.58. The Hall–Kier alpha value is -1.94. The van der Waals surface area contributed by atoms with Crippen LogP contribution < -0.4 is 5.73 Å². The van der Waals surface area contributed by atoms with E-state index in [1.54, 1.807) is 6.07 Å². The molecule has 0 aliphatic heterocycles. The molecule has 0 unspecified atom stereocenters. The zero-order chi connectivity index (χ0) is 13.3. The van der Waals surface area contributed by atoms with Gasteiger partial charge in [0.25, 0.3) is 0 Å². The van der Waals surface area contributed by atoms with Crippen molar-refractivity contribution in [3.8, 4) is 0 Å². The number of carbonyl (C=O) groups is 1. The van der Waals surface area contributed by atoms with Gasteiger partial charge in [-0.15, -0.1) is 0 Å². The zero-order valence-electron chi connectivity index (χ0n) is 9.08. The van der Waals surface area contributed by atoms with Crippen LogP contribution in [0.25, 0.3) is 0 Å². The Labute approximate surface area is 107 Å². The summed E-state index contributed by atoms with van der Waals surface area (Å²) < 4.78 is 26.5. The van der Waals surface area contributed by atoms with Crippen LogP contribution in [0.3, 0.4) is 0 Å². The normalized spacial score (nSPS) is 10.4. The molecule has 18 heavy (non-hydrogen) atoms. The van der Waals surface area contributed by atoms with Gasteiger partial charge in [-0.1, -0.05) is 17.7 Å². The Bertz CT molecular complexity index is 608. The molecule has 2 aromatic carbocycles. The van der Waals surface area contributed by atoms with Crippen LogP contribution in [0.15, 0.2) is 36.4 Å². The van der Waals surface area contributed by atoms with Gasteiger partial charge in [0.2, 0.25) is 0 Å². The average molecular weight is 268 g/mol. The standard InChI is InChI=1S/C13H8ClF2NO/c14-9-2-1-3-11(17)12(9)13(18)8-6-7(15)4-5-10(8)16/h1-6H,17H2. The Kier molecular flexibility index (Phi) is 3.30. The van der Waals surface area contributed by atoms with Gasteiger partial charge in [0, 0.05) is 5.69 Å². The monoisotopic (exact) mass is 267 g/mol. The molecule has 0 saturated carbocycles. The molecule has 0 aromatic heterocycles. The summed E-state index contributed by atoms with van der Waals surface area (Å²) in [6, 6.07) is 7.13. The van der Waals surface area contributed by atoms with Crippen molar-refractivity contribution in [2.75, 3.05) is 5.73 Å². The number of hydrogen-bond donors (Lipinski definition) is 1. The van der Waals surface area contributed by atoms with E-state index in [1.807, 2.05) is 0 Å². The van der Waals surface area contributed by atoms with Crippen molar-refractivity contribution in [1.82, 2.24) is 0 Å². The predicted octanol–water partition coefficient (Wildman–Crippen LogP) is 3.43. The van der Waals surface area contributed by atoms with Crippen LogP contribution in [0, 0.1) is 11.6 Å². The van der Waals surface area contributed by atoms with E-state index < -0.39 is 23.0 Å². The summed E-state index contributed by atoms with van der Waals surface area (Å²) in [6.45, 7) is 0. The maximum atomic E-state index is 13.5. The van der Waals surface area contributed by atoms with E-state index in [0.29, 0.717) is 0 Å².